The first-order chi connectivity index (χ1) is 16.9. The molecule has 0 fully saturated rings. The lowest BCUT2D eigenvalue weighted by molar-refractivity contribution is 0.449. The fourth-order valence-corrected chi connectivity index (χ4v) is 3.38. The average Bonchev–Trinajstić information content (AvgIpc) is 3.27. The van der Waals surface area contributed by atoms with E-state index in [-0.39, 0.29) is 23.0 Å². The summed E-state index contributed by atoms with van der Waals surface area (Å²) in [5, 5.41) is 38.5. The summed E-state index contributed by atoms with van der Waals surface area (Å²) in [6, 6.07) is 21.2. The first kappa shape index (κ1) is 21.7. The van der Waals surface area contributed by atoms with Gasteiger partial charge in [-0.3, -0.25) is 9.98 Å². The van der Waals surface area contributed by atoms with Crippen LogP contribution in [0.3, 0.4) is 0 Å². The maximum atomic E-state index is 9.90. The van der Waals surface area contributed by atoms with Crippen molar-refractivity contribution < 1.29 is 24.8 Å². The monoisotopic (exact) mass is 465 g/mol. The van der Waals surface area contributed by atoms with Crippen molar-refractivity contribution in [2.75, 3.05) is 0 Å². The van der Waals surface area contributed by atoms with Crippen LogP contribution in [0.4, 0.5) is 11.4 Å². The highest BCUT2D eigenvalue weighted by molar-refractivity contribution is 5.88. The van der Waals surface area contributed by atoms with Gasteiger partial charge < -0.3 is 24.8 Å². The molecule has 4 N–H and O–H groups in total. The molecular formula is C27H19N3O5. The van der Waals surface area contributed by atoms with E-state index in [2.05, 4.69) is 15.0 Å². The fourth-order valence-electron chi connectivity index (χ4n) is 3.38. The standard InChI is InChI=1S/C27H19N3O5/c31-21-8-3-17(24(33)12-21)14-28-19-5-1-16(2-6-19)27-30-23-11-20(7-10-26(23)35-27)29-15-18-4-9-22(32)13-25(18)34/h1-15,31-34H. The van der Waals surface area contributed by atoms with Crippen molar-refractivity contribution >= 4 is 34.9 Å². The van der Waals surface area contributed by atoms with Gasteiger partial charge in [0.2, 0.25) is 5.89 Å². The summed E-state index contributed by atoms with van der Waals surface area (Å²) in [7, 11) is 0. The molecule has 0 amide bonds. The van der Waals surface area contributed by atoms with Crippen molar-refractivity contribution in [1.82, 2.24) is 4.98 Å². The van der Waals surface area contributed by atoms with E-state index in [0.717, 1.165) is 5.56 Å². The summed E-state index contributed by atoms with van der Waals surface area (Å²) in [6.07, 6.45) is 3.03. The quantitative estimate of drug-likeness (QED) is 0.242. The second-order valence-electron chi connectivity index (χ2n) is 7.72. The predicted octanol–water partition coefficient (Wildman–Crippen LogP) is 5.82. The zero-order valence-electron chi connectivity index (χ0n) is 18.2. The molecule has 8 nitrogen and oxygen atoms in total. The number of fused-ring (bicyclic) bond motifs is 1. The maximum Gasteiger partial charge on any atom is 0.227 e. The van der Waals surface area contributed by atoms with Gasteiger partial charge in [0.05, 0.1) is 11.4 Å². The Hall–Kier alpha value is -5.11. The zero-order chi connectivity index (χ0) is 24.4. The normalized spacial score (nSPS) is 11.7. The molecule has 172 valence electrons. The highest BCUT2D eigenvalue weighted by Crippen LogP contribution is 2.29. The molecule has 0 saturated carbocycles. The Balaban J connectivity index is 1.34. The summed E-state index contributed by atoms with van der Waals surface area (Å²) in [5.41, 5.74) is 4.29. The molecule has 1 heterocycles. The molecule has 0 spiro atoms. The summed E-state index contributed by atoms with van der Waals surface area (Å²) in [6.45, 7) is 0. The third-order valence-electron chi connectivity index (χ3n) is 5.22. The van der Waals surface area contributed by atoms with Crippen LogP contribution in [0.25, 0.3) is 22.6 Å². The number of benzene rings is 4. The van der Waals surface area contributed by atoms with Crippen LogP contribution < -0.4 is 0 Å². The molecule has 5 rings (SSSR count). The van der Waals surface area contributed by atoms with E-state index in [1.54, 1.807) is 42.5 Å². The predicted molar refractivity (Wildman–Crippen MR) is 133 cm³/mol. The lowest BCUT2D eigenvalue weighted by Crippen LogP contribution is -1.82. The van der Waals surface area contributed by atoms with Gasteiger partial charge in [-0.2, -0.15) is 0 Å². The molecule has 35 heavy (non-hydrogen) atoms. The largest absolute Gasteiger partial charge is 0.508 e. The molecule has 0 saturated heterocycles. The Labute approximate surface area is 199 Å². The Kier molecular flexibility index (Phi) is 5.60. The Morgan fingerprint density at radius 3 is 1.80 bits per heavy atom. The third kappa shape index (κ3) is 4.81. The Morgan fingerprint density at radius 1 is 0.629 bits per heavy atom. The van der Waals surface area contributed by atoms with Crippen molar-refractivity contribution in [3.8, 4) is 34.5 Å². The minimum Gasteiger partial charge on any atom is -0.508 e. The zero-order valence-corrected chi connectivity index (χ0v) is 18.2. The van der Waals surface area contributed by atoms with Gasteiger partial charge in [-0.1, -0.05) is 0 Å². The minimum atomic E-state index is -0.0637. The molecule has 0 aliphatic carbocycles. The Bertz CT molecular complexity index is 1590. The first-order valence-corrected chi connectivity index (χ1v) is 10.6. The molecule has 0 bridgehead atoms. The summed E-state index contributed by atoms with van der Waals surface area (Å²) in [5.74, 6) is 0.293. The molecule has 5 aromatic rings. The van der Waals surface area contributed by atoms with Crippen molar-refractivity contribution in [3.05, 3.63) is 90.0 Å². The van der Waals surface area contributed by atoms with Crippen LogP contribution in [-0.4, -0.2) is 37.8 Å². The van der Waals surface area contributed by atoms with Gasteiger partial charge in [-0.15, -0.1) is 0 Å². The number of oxazole rings is 1. The second-order valence-corrected chi connectivity index (χ2v) is 7.72. The van der Waals surface area contributed by atoms with E-state index in [1.807, 2.05) is 12.1 Å². The van der Waals surface area contributed by atoms with E-state index >= 15 is 0 Å². The summed E-state index contributed by atoms with van der Waals surface area (Å²) < 4.78 is 5.87. The van der Waals surface area contributed by atoms with Crippen molar-refractivity contribution in [1.29, 1.82) is 0 Å². The number of phenolic OH excluding ortho intramolecular Hbond substituents is 4. The van der Waals surface area contributed by atoms with E-state index < -0.39 is 0 Å². The smallest absolute Gasteiger partial charge is 0.227 e. The van der Waals surface area contributed by atoms with Gasteiger partial charge >= 0.3 is 0 Å². The van der Waals surface area contributed by atoms with Gasteiger partial charge in [0.25, 0.3) is 0 Å². The van der Waals surface area contributed by atoms with E-state index in [1.165, 1.54) is 36.7 Å². The first-order valence-electron chi connectivity index (χ1n) is 10.6. The molecule has 0 unspecified atom stereocenters. The second kappa shape index (κ2) is 9.03. The number of aliphatic imine (C=N–C) groups is 2. The van der Waals surface area contributed by atoms with Crippen LogP contribution in [-0.2, 0) is 0 Å². The number of hydrogen-bond acceptors (Lipinski definition) is 8. The SMILES string of the molecule is Oc1ccc(C=Nc2ccc(-c3nc4cc(N=Cc5ccc(O)cc5O)ccc4o3)cc2)c(O)c1. The highest BCUT2D eigenvalue weighted by Gasteiger charge is 2.09. The van der Waals surface area contributed by atoms with E-state index in [4.69, 9.17) is 4.42 Å². The highest BCUT2D eigenvalue weighted by atomic mass is 16.3. The fraction of sp³-hybridized carbons (Fsp3) is 0. The molecule has 4 aromatic carbocycles. The van der Waals surface area contributed by atoms with Crippen LogP contribution in [0.2, 0.25) is 0 Å². The number of hydrogen-bond donors (Lipinski definition) is 4. The minimum absolute atomic E-state index is 0.0158. The topological polar surface area (TPSA) is 132 Å². The summed E-state index contributed by atoms with van der Waals surface area (Å²) >= 11 is 0. The van der Waals surface area contributed by atoms with Crippen LogP contribution >= 0.6 is 0 Å². The molecule has 1 aromatic heterocycles. The van der Waals surface area contributed by atoms with Crippen LogP contribution in [0.15, 0.2) is 93.3 Å². The Morgan fingerprint density at radius 2 is 1.20 bits per heavy atom. The van der Waals surface area contributed by atoms with E-state index in [9.17, 15) is 20.4 Å². The molecule has 0 aliphatic heterocycles. The van der Waals surface area contributed by atoms with Gasteiger partial charge in [0.1, 0.15) is 28.5 Å². The van der Waals surface area contributed by atoms with Gasteiger partial charge in [0, 0.05) is 41.3 Å². The van der Waals surface area contributed by atoms with Crippen molar-refractivity contribution in [2.45, 2.75) is 0 Å². The third-order valence-corrected chi connectivity index (χ3v) is 5.22. The summed E-state index contributed by atoms with van der Waals surface area (Å²) in [4.78, 5) is 13.3. The number of nitrogens with zero attached hydrogens (tertiary/aromatic N) is 3. The maximum absolute atomic E-state index is 9.90. The molecular weight excluding hydrogens is 446 g/mol. The molecule has 0 atom stereocenters. The van der Waals surface area contributed by atoms with Gasteiger partial charge in [-0.25, -0.2) is 4.98 Å². The number of aromatic hydroxyl groups is 4. The van der Waals surface area contributed by atoms with Crippen LogP contribution in [0.1, 0.15) is 11.1 Å². The van der Waals surface area contributed by atoms with Crippen molar-refractivity contribution in [3.63, 3.8) is 0 Å². The average molecular weight is 465 g/mol. The number of phenols is 4. The van der Waals surface area contributed by atoms with Gasteiger partial charge in [0.15, 0.2) is 5.58 Å². The number of aromatic nitrogens is 1. The lowest BCUT2D eigenvalue weighted by Gasteiger charge is -2.00. The molecule has 0 radical (unpaired) electrons. The van der Waals surface area contributed by atoms with Gasteiger partial charge in [-0.05, 0) is 66.7 Å². The van der Waals surface area contributed by atoms with Crippen LogP contribution in [0, 0.1) is 0 Å². The molecule has 8 heteroatoms. The van der Waals surface area contributed by atoms with E-state index in [0.29, 0.717) is 39.5 Å². The molecule has 0 aliphatic rings. The number of rotatable bonds is 5. The lowest BCUT2D eigenvalue weighted by atomic mass is 10.2. The van der Waals surface area contributed by atoms with Crippen LogP contribution in [0.5, 0.6) is 23.0 Å². The van der Waals surface area contributed by atoms with Crippen molar-refractivity contribution in [2.24, 2.45) is 9.98 Å².